The largest absolute Gasteiger partial charge is 0.399 e. The molecular formula is C13H16N2O2. The van der Waals surface area contributed by atoms with Crippen molar-refractivity contribution < 1.29 is 9.59 Å². The Morgan fingerprint density at radius 2 is 2.06 bits per heavy atom. The van der Waals surface area contributed by atoms with Gasteiger partial charge >= 0.3 is 0 Å². The zero-order chi connectivity index (χ0) is 12.4. The van der Waals surface area contributed by atoms with Gasteiger partial charge in [-0.05, 0) is 18.1 Å². The Labute approximate surface area is 100 Å². The summed E-state index contributed by atoms with van der Waals surface area (Å²) in [5.41, 5.74) is 7.50. The Bertz CT molecular complexity index is 456. The van der Waals surface area contributed by atoms with Gasteiger partial charge in [0.1, 0.15) is 0 Å². The molecule has 4 nitrogen and oxygen atoms in total. The number of nitrogen functional groups attached to an aromatic ring is 1. The molecular weight excluding hydrogens is 216 g/mol. The second kappa shape index (κ2) is 4.57. The molecule has 17 heavy (non-hydrogen) atoms. The summed E-state index contributed by atoms with van der Waals surface area (Å²) in [7, 11) is 0. The molecule has 0 bridgehead atoms. The zero-order valence-electron chi connectivity index (χ0n) is 9.85. The molecule has 2 rings (SSSR count). The Kier molecular flexibility index (Phi) is 3.13. The minimum atomic E-state index is -0.171. The molecule has 1 fully saturated rings. The molecule has 2 N–H and O–H groups in total. The summed E-state index contributed by atoms with van der Waals surface area (Å²) >= 11 is 0. The lowest BCUT2D eigenvalue weighted by Crippen LogP contribution is -2.32. The van der Waals surface area contributed by atoms with Gasteiger partial charge < -0.3 is 5.73 Å². The van der Waals surface area contributed by atoms with Crippen LogP contribution in [0.5, 0.6) is 0 Å². The van der Waals surface area contributed by atoms with Crippen LogP contribution in [-0.4, -0.2) is 23.3 Å². The average Bonchev–Trinajstić information content (AvgIpc) is 2.53. The van der Waals surface area contributed by atoms with E-state index in [0.29, 0.717) is 25.1 Å². The highest BCUT2D eigenvalue weighted by molar-refractivity contribution is 6.03. The van der Waals surface area contributed by atoms with Gasteiger partial charge in [-0.25, -0.2) is 0 Å². The molecule has 1 aromatic rings. The van der Waals surface area contributed by atoms with Crippen LogP contribution in [0, 0.1) is 5.92 Å². The number of rotatable bonds is 3. The predicted molar refractivity (Wildman–Crippen MR) is 65.1 cm³/mol. The number of carbonyl (C=O) groups excluding carboxylic acids is 2. The van der Waals surface area contributed by atoms with E-state index < -0.39 is 0 Å². The van der Waals surface area contributed by atoms with Crippen LogP contribution in [-0.2, 0) is 16.0 Å². The minimum absolute atomic E-state index is 0.0653. The summed E-state index contributed by atoms with van der Waals surface area (Å²) < 4.78 is 0. The minimum Gasteiger partial charge on any atom is -0.399 e. The Morgan fingerprint density at radius 3 is 2.65 bits per heavy atom. The van der Waals surface area contributed by atoms with Crippen LogP contribution in [0.25, 0.3) is 0 Å². The van der Waals surface area contributed by atoms with Crippen molar-refractivity contribution in [2.75, 3.05) is 12.3 Å². The number of para-hydroxylation sites is 1. The number of imide groups is 1. The molecule has 0 aromatic heterocycles. The molecule has 0 spiro atoms. The molecule has 1 atom stereocenters. The maximum absolute atomic E-state index is 11.7. The van der Waals surface area contributed by atoms with Crippen molar-refractivity contribution in [2.24, 2.45) is 5.92 Å². The molecule has 1 aromatic carbocycles. The van der Waals surface area contributed by atoms with Gasteiger partial charge in [-0.2, -0.15) is 0 Å². The molecule has 0 saturated carbocycles. The summed E-state index contributed by atoms with van der Waals surface area (Å²) in [6.45, 7) is 2.22. The predicted octanol–water partition coefficient (Wildman–Crippen LogP) is 1.21. The van der Waals surface area contributed by atoms with Gasteiger partial charge in [0, 0.05) is 24.6 Å². The molecule has 1 aliphatic rings. The summed E-state index contributed by atoms with van der Waals surface area (Å²) in [4.78, 5) is 24.6. The van der Waals surface area contributed by atoms with Crippen LogP contribution in [0.4, 0.5) is 5.69 Å². The lowest BCUT2D eigenvalue weighted by molar-refractivity contribution is -0.139. The first-order chi connectivity index (χ1) is 8.09. The molecule has 0 radical (unpaired) electrons. The maximum Gasteiger partial charge on any atom is 0.232 e. The third-order valence-corrected chi connectivity index (χ3v) is 3.13. The fourth-order valence-corrected chi connectivity index (χ4v) is 2.08. The van der Waals surface area contributed by atoms with Crippen molar-refractivity contribution in [3.63, 3.8) is 0 Å². The van der Waals surface area contributed by atoms with Crippen LogP contribution in [0.15, 0.2) is 24.3 Å². The second-order valence-corrected chi connectivity index (χ2v) is 4.44. The molecule has 0 aliphatic carbocycles. The van der Waals surface area contributed by atoms with E-state index in [1.807, 2.05) is 24.3 Å². The van der Waals surface area contributed by atoms with Crippen LogP contribution in [0.3, 0.4) is 0 Å². The third kappa shape index (κ3) is 2.30. The van der Waals surface area contributed by atoms with Gasteiger partial charge in [0.2, 0.25) is 11.8 Å². The van der Waals surface area contributed by atoms with Crippen LogP contribution < -0.4 is 5.73 Å². The van der Waals surface area contributed by atoms with Crippen molar-refractivity contribution in [1.29, 1.82) is 0 Å². The fraction of sp³-hybridized carbons (Fsp3) is 0.385. The van der Waals surface area contributed by atoms with Crippen molar-refractivity contribution >= 4 is 17.5 Å². The van der Waals surface area contributed by atoms with Gasteiger partial charge in [-0.1, -0.05) is 25.1 Å². The molecule has 90 valence electrons. The molecule has 1 unspecified atom stereocenters. The van der Waals surface area contributed by atoms with E-state index in [9.17, 15) is 9.59 Å². The molecule has 1 aliphatic heterocycles. The van der Waals surface area contributed by atoms with Crippen molar-refractivity contribution in [1.82, 2.24) is 4.90 Å². The van der Waals surface area contributed by atoms with Crippen LogP contribution in [0.1, 0.15) is 18.9 Å². The smallest absolute Gasteiger partial charge is 0.232 e. The number of likely N-dealkylation sites (tertiary alicyclic amines) is 1. The number of anilines is 1. The molecule has 4 heteroatoms. The Hall–Kier alpha value is -1.84. The maximum atomic E-state index is 11.7. The highest BCUT2D eigenvalue weighted by Crippen LogP contribution is 2.20. The number of benzene rings is 1. The molecule has 1 heterocycles. The first kappa shape index (κ1) is 11.6. The number of amides is 2. The highest BCUT2D eigenvalue weighted by Gasteiger charge is 2.34. The van der Waals surface area contributed by atoms with Crippen molar-refractivity contribution in [3.8, 4) is 0 Å². The summed E-state index contributed by atoms with van der Waals surface area (Å²) in [5.74, 6) is -0.308. The summed E-state index contributed by atoms with van der Waals surface area (Å²) in [5, 5.41) is 0. The van der Waals surface area contributed by atoms with Crippen molar-refractivity contribution in [2.45, 2.75) is 19.8 Å². The van der Waals surface area contributed by atoms with Crippen LogP contribution in [0.2, 0.25) is 0 Å². The normalized spacial score (nSPS) is 20.1. The number of hydrogen-bond donors (Lipinski definition) is 1. The van der Waals surface area contributed by atoms with Crippen molar-refractivity contribution in [3.05, 3.63) is 29.8 Å². The Morgan fingerprint density at radius 1 is 1.35 bits per heavy atom. The van der Waals surface area contributed by atoms with E-state index in [0.717, 1.165) is 5.56 Å². The molecule has 1 saturated heterocycles. The van der Waals surface area contributed by atoms with Gasteiger partial charge in [0.15, 0.2) is 0 Å². The monoisotopic (exact) mass is 232 g/mol. The van der Waals surface area contributed by atoms with Gasteiger partial charge in [-0.15, -0.1) is 0 Å². The van der Waals surface area contributed by atoms with E-state index in [1.54, 1.807) is 6.92 Å². The zero-order valence-corrected chi connectivity index (χ0v) is 9.85. The number of carbonyl (C=O) groups is 2. The summed E-state index contributed by atoms with van der Waals surface area (Å²) in [6, 6.07) is 7.52. The number of nitrogens with zero attached hydrogens (tertiary/aromatic N) is 1. The van der Waals surface area contributed by atoms with E-state index in [1.165, 1.54) is 4.90 Å². The lowest BCUT2D eigenvalue weighted by atomic mass is 10.1. The quantitative estimate of drug-likeness (QED) is 0.629. The van der Waals surface area contributed by atoms with E-state index in [-0.39, 0.29) is 17.7 Å². The fourth-order valence-electron chi connectivity index (χ4n) is 2.08. The van der Waals surface area contributed by atoms with Gasteiger partial charge in [0.05, 0.1) is 0 Å². The van der Waals surface area contributed by atoms with E-state index in [4.69, 9.17) is 5.73 Å². The first-order valence-corrected chi connectivity index (χ1v) is 5.77. The number of hydrogen-bond acceptors (Lipinski definition) is 3. The molecule has 2 amide bonds. The van der Waals surface area contributed by atoms with Gasteiger partial charge in [-0.3, -0.25) is 14.5 Å². The number of nitrogens with two attached hydrogens (primary N) is 1. The average molecular weight is 232 g/mol. The van der Waals surface area contributed by atoms with Gasteiger partial charge in [0.25, 0.3) is 0 Å². The lowest BCUT2D eigenvalue weighted by Gasteiger charge is -2.14. The first-order valence-electron chi connectivity index (χ1n) is 5.77. The van der Waals surface area contributed by atoms with E-state index in [2.05, 4.69) is 0 Å². The SMILES string of the molecule is CC1CC(=O)N(CCc2ccccc2N)C1=O. The van der Waals surface area contributed by atoms with Crippen LogP contribution >= 0.6 is 0 Å². The highest BCUT2D eigenvalue weighted by atomic mass is 16.2. The standard InChI is InChI=1S/C13H16N2O2/c1-9-8-12(16)15(13(9)17)7-6-10-4-2-3-5-11(10)14/h2-5,9H,6-8,14H2,1H3. The van der Waals surface area contributed by atoms with E-state index >= 15 is 0 Å². The second-order valence-electron chi connectivity index (χ2n) is 4.44. The summed E-state index contributed by atoms with van der Waals surface area (Å²) in [6.07, 6.45) is 0.958. The third-order valence-electron chi connectivity index (χ3n) is 3.13. The topological polar surface area (TPSA) is 63.4 Å². The Balaban J connectivity index is 2.02.